The standard InChI is InChI=1S/C12H21N4P/c1-3-5-9(6-4-2)10(13)16-8-7-15-12(17)11(16)14/h7-9,13-14H,3-6,17H2,1-2H3. The smallest absolute Gasteiger partial charge is 0.156 e. The van der Waals surface area contributed by atoms with E-state index in [-0.39, 0.29) is 5.92 Å². The van der Waals surface area contributed by atoms with Crippen LogP contribution in [-0.2, 0) is 0 Å². The number of nitrogens with one attached hydrogen (secondary N) is 2. The summed E-state index contributed by atoms with van der Waals surface area (Å²) in [4.78, 5) is 4.03. The highest BCUT2D eigenvalue weighted by atomic mass is 31.0. The van der Waals surface area contributed by atoms with Crippen molar-refractivity contribution >= 4 is 20.5 Å². The lowest BCUT2D eigenvalue weighted by atomic mass is 9.97. The Morgan fingerprint density at radius 2 is 2.00 bits per heavy atom. The van der Waals surface area contributed by atoms with Crippen LogP contribution < -0.4 is 10.9 Å². The first-order chi connectivity index (χ1) is 8.11. The normalized spacial score (nSPS) is 10.8. The molecule has 5 heteroatoms. The lowest BCUT2D eigenvalue weighted by molar-refractivity contribution is 0.542. The average Bonchev–Trinajstić information content (AvgIpc) is 2.31. The van der Waals surface area contributed by atoms with Crippen LogP contribution in [0.1, 0.15) is 39.5 Å². The van der Waals surface area contributed by atoms with Gasteiger partial charge in [0.25, 0.3) is 0 Å². The van der Waals surface area contributed by atoms with Gasteiger partial charge in [0.2, 0.25) is 0 Å². The van der Waals surface area contributed by atoms with E-state index in [0.29, 0.717) is 16.8 Å². The molecule has 0 saturated heterocycles. The average molecular weight is 252 g/mol. The molecule has 0 amide bonds. The molecule has 1 unspecified atom stereocenters. The van der Waals surface area contributed by atoms with Crippen molar-refractivity contribution in [3.8, 4) is 0 Å². The van der Waals surface area contributed by atoms with E-state index in [1.807, 2.05) is 0 Å². The molecule has 94 valence electrons. The van der Waals surface area contributed by atoms with Gasteiger partial charge in [0.1, 0.15) is 5.84 Å². The van der Waals surface area contributed by atoms with Gasteiger partial charge in [0, 0.05) is 18.3 Å². The van der Waals surface area contributed by atoms with E-state index in [1.54, 1.807) is 17.0 Å². The van der Waals surface area contributed by atoms with Crippen LogP contribution in [0, 0.1) is 16.7 Å². The van der Waals surface area contributed by atoms with Crippen LogP contribution in [0.5, 0.6) is 0 Å². The van der Waals surface area contributed by atoms with E-state index in [0.717, 1.165) is 25.7 Å². The third-order valence-electron chi connectivity index (χ3n) is 2.83. The number of nitrogens with zero attached hydrogens (tertiary/aromatic N) is 2. The summed E-state index contributed by atoms with van der Waals surface area (Å²) in [6.07, 6.45) is 7.50. The molecule has 1 heterocycles. The number of rotatable bonds is 5. The third-order valence-corrected chi connectivity index (χ3v) is 3.26. The molecule has 0 spiro atoms. The summed E-state index contributed by atoms with van der Waals surface area (Å²) in [6.45, 7) is 4.27. The van der Waals surface area contributed by atoms with Crippen LogP contribution in [-0.4, -0.2) is 15.4 Å². The molecular weight excluding hydrogens is 231 g/mol. The van der Waals surface area contributed by atoms with E-state index in [2.05, 4.69) is 28.1 Å². The Bertz CT molecular complexity index is 432. The molecule has 1 atom stereocenters. The molecule has 1 rings (SSSR count). The molecule has 0 saturated carbocycles. The maximum atomic E-state index is 8.24. The van der Waals surface area contributed by atoms with Crippen molar-refractivity contribution in [3.63, 3.8) is 0 Å². The van der Waals surface area contributed by atoms with E-state index >= 15 is 0 Å². The van der Waals surface area contributed by atoms with Gasteiger partial charge in [-0.25, -0.2) is 0 Å². The number of aromatic nitrogens is 2. The van der Waals surface area contributed by atoms with Gasteiger partial charge >= 0.3 is 0 Å². The van der Waals surface area contributed by atoms with Crippen LogP contribution >= 0.6 is 9.24 Å². The molecule has 0 bridgehead atoms. The predicted molar refractivity (Wildman–Crippen MR) is 73.9 cm³/mol. The van der Waals surface area contributed by atoms with Crippen molar-refractivity contribution in [3.05, 3.63) is 17.9 Å². The summed E-state index contributed by atoms with van der Waals surface area (Å²) in [7, 11) is 2.44. The van der Waals surface area contributed by atoms with Gasteiger partial charge in [-0.3, -0.25) is 20.4 Å². The molecular formula is C12H21N4P. The molecule has 1 aromatic rings. The fraction of sp³-hybridized carbons (Fsp3) is 0.583. The van der Waals surface area contributed by atoms with Crippen molar-refractivity contribution < 1.29 is 0 Å². The Balaban J connectivity index is 3.01. The molecule has 0 aliphatic carbocycles. The zero-order chi connectivity index (χ0) is 12.8. The van der Waals surface area contributed by atoms with Crippen LogP contribution in [0.15, 0.2) is 12.4 Å². The molecule has 0 aromatic carbocycles. The molecule has 2 N–H and O–H groups in total. The highest BCUT2D eigenvalue weighted by molar-refractivity contribution is 7.26. The highest BCUT2D eigenvalue weighted by Crippen LogP contribution is 2.15. The van der Waals surface area contributed by atoms with E-state index < -0.39 is 0 Å². The lowest BCUT2D eigenvalue weighted by Crippen LogP contribution is -2.38. The predicted octanol–water partition coefficient (Wildman–Crippen LogP) is 1.90. The van der Waals surface area contributed by atoms with Crippen LogP contribution in [0.2, 0.25) is 0 Å². The quantitative estimate of drug-likeness (QED) is 0.469. The van der Waals surface area contributed by atoms with E-state index in [1.165, 1.54) is 0 Å². The summed E-state index contributed by atoms with van der Waals surface area (Å²) in [5, 5.41) is 16.2. The van der Waals surface area contributed by atoms with Crippen molar-refractivity contribution in [2.45, 2.75) is 39.5 Å². The van der Waals surface area contributed by atoms with Crippen molar-refractivity contribution in [2.75, 3.05) is 0 Å². The summed E-state index contributed by atoms with van der Waals surface area (Å²) < 4.78 is 1.63. The minimum absolute atomic E-state index is 0.242. The van der Waals surface area contributed by atoms with Crippen LogP contribution in [0.3, 0.4) is 0 Å². The Kier molecular flexibility index (Phi) is 5.49. The maximum absolute atomic E-state index is 8.24. The van der Waals surface area contributed by atoms with Crippen molar-refractivity contribution in [1.29, 1.82) is 10.8 Å². The van der Waals surface area contributed by atoms with Gasteiger partial charge in [-0.15, -0.1) is 0 Å². The first-order valence-electron chi connectivity index (χ1n) is 6.08. The van der Waals surface area contributed by atoms with Crippen molar-refractivity contribution in [1.82, 2.24) is 9.55 Å². The second-order valence-corrected chi connectivity index (χ2v) is 4.74. The van der Waals surface area contributed by atoms with Gasteiger partial charge in [-0.2, -0.15) is 0 Å². The fourth-order valence-corrected chi connectivity index (χ4v) is 2.18. The van der Waals surface area contributed by atoms with E-state index in [9.17, 15) is 0 Å². The highest BCUT2D eigenvalue weighted by Gasteiger charge is 2.15. The second-order valence-electron chi connectivity index (χ2n) is 4.19. The largest absolute Gasteiger partial charge is 0.288 e. The summed E-state index contributed by atoms with van der Waals surface area (Å²) in [5.41, 5.74) is 0.878. The van der Waals surface area contributed by atoms with Gasteiger partial charge in [-0.05, 0) is 12.8 Å². The lowest BCUT2D eigenvalue weighted by Gasteiger charge is -2.18. The van der Waals surface area contributed by atoms with E-state index in [4.69, 9.17) is 10.8 Å². The van der Waals surface area contributed by atoms with Gasteiger partial charge in [0.05, 0.1) is 5.44 Å². The second kappa shape index (κ2) is 6.65. The van der Waals surface area contributed by atoms with Crippen LogP contribution in [0.25, 0.3) is 0 Å². The monoisotopic (exact) mass is 252 g/mol. The molecule has 17 heavy (non-hydrogen) atoms. The first-order valence-corrected chi connectivity index (χ1v) is 6.66. The van der Waals surface area contributed by atoms with Crippen LogP contribution in [0.4, 0.5) is 0 Å². The topological polar surface area (TPSA) is 65.5 Å². The Hall–Kier alpha value is -1.02. The Labute approximate surface area is 105 Å². The molecule has 0 radical (unpaired) electrons. The number of hydrogen-bond acceptors (Lipinski definition) is 3. The van der Waals surface area contributed by atoms with Crippen molar-refractivity contribution in [2.24, 2.45) is 5.92 Å². The SMILES string of the molecule is CCCC(CCC)C(=N)n1ccnc(P)c1=N. The third kappa shape index (κ3) is 3.47. The van der Waals surface area contributed by atoms with Gasteiger partial charge in [0.15, 0.2) is 5.49 Å². The minimum Gasteiger partial charge on any atom is -0.288 e. The maximum Gasteiger partial charge on any atom is 0.156 e. The first kappa shape index (κ1) is 14.0. The minimum atomic E-state index is 0.242. The number of hydrogen-bond donors (Lipinski definition) is 2. The zero-order valence-electron chi connectivity index (χ0n) is 10.5. The molecule has 1 aromatic heterocycles. The summed E-state index contributed by atoms with van der Waals surface area (Å²) >= 11 is 0. The molecule has 4 nitrogen and oxygen atoms in total. The molecule has 0 aliphatic rings. The summed E-state index contributed by atoms with van der Waals surface area (Å²) in [6, 6.07) is 0. The Morgan fingerprint density at radius 3 is 2.53 bits per heavy atom. The van der Waals surface area contributed by atoms with Gasteiger partial charge in [-0.1, -0.05) is 35.9 Å². The fourth-order valence-electron chi connectivity index (χ4n) is 1.95. The molecule has 0 fully saturated rings. The molecule has 0 aliphatic heterocycles. The zero-order valence-corrected chi connectivity index (χ0v) is 11.7. The summed E-state index contributed by atoms with van der Waals surface area (Å²) in [5.74, 6) is 0.760. The van der Waals surface area contributed by atoms with Gasteiger partial charge < -0.3 is 0 Å². The Morgan fingerprint density at radius 1 is 1.41 bits per heavy atom.